The number of rotatable bonds is 3. The zero-order valence-corrected chi connectivity index (χ0v) is 7.42. The number of carbonyl (C=O) groups excluding carboxylic acids is 1. The van der Waals surface area contributed by atoms with E-state index >= 15 is 0 Å². The van der Waals surface area contributed by atoms with Gasteiger partial charge in [-0.2, -0.15) is 4.89 Å². The molecule has 0 fully saturated rings. The van der Waals surface area contributed by atoms with Gasteiger partial charge in [0.15, 0.2) is 4.84 Å². The molecule has 0 N–H and O–H groups in total. The minimum Gasteiger partial charge on any atom is -0.279 e. The Morgan fingerprint density at radius 1 is 1.30 bits per heavy atom. The summed E-state index contributed by atoms with van der Waals surface area (Å²) >= 11 is 20.3. The predicted molar refractivity (Wildman–Crippen MR) is 38.6 cm³/mol. The van der Waals surface area contributed by atoms with Crippen LogP contribution < -0.4 is 0 Å². The minimum absolute atomic E-state index is 0.988. The summed E-state index contributed by atoms with van der Waals surface area (Å²) in [6.45, 7) is 0. The van der Waals surface area contributed by atoms with Gasteiger partial charge in [0.05, 0.1) is 0 Å². The standard InChI is InChI=1S/C3H2Cl4O3/c4-1(5)2(6)9-10-3(7)8/h1-2H. The molecule has 1 atom stereocenters. The van der Waals surface area contributed by atoms with E-state index in [2.05, 4.69) is 9.78 Å². The Morgan fingerprint density at radius 2 is 1.80 bits per heavy atom. The monoisotopic (exact) mass is 226 g/mol. The topological polar surface area (TPSA) is 35.5 Å². The van der Waals surface area contributed by atoms with E-state index in [1.165, 1.54) is 0 Å². The van der Waals surface area contributed by atoms with Crippen LogP contribution >= 0.6 is 46.4 Å². The van der Waals surface area contributed by atoms with E-state index < -0.39 is 15.8 Å². The van der Waals surface area contributed by atoms with Crippen LogP contribution in [0.1, 0.15) is 0 Å². The SMILES string of the molecule is O=C(Cl)OOC(Cl)C(Cl)Cl. The number of hydrogen-bond acceptors (Lipinski definition) is 3. The molecule has 0 saturated carbocycles. The Balaban J connectivity index is 3.39. The van der Waals surface area contributed by atoms with Crippen molar-refractivity contribution in [3.05, 3.63) is 0 Å². The molecule has 0 spiro atoms. The number of halogens is 4. The molecule has 0 aliphatic rings. The van der Waals surface area contributed by atoms with E-state index in [0.29, 0.717) is 0 Å². The van der Waals surface area contributed by atoms with E-state index in [1.54, 1.807) is 0 Å². The van der Waals surface area contributed by atoms with Gasteiger partial charge in [0.25, 0.3) is 0 Å². The second kappa shape index (κ2) is 5.27. The molecule has 0 amide bonds. The Hall–Kier alpha value is 0.590. The third-order valence-electron chi connectivity index (χ3n) is 0.404. The van der Waals surface area contributed by atoms with E-state index in [9.17, 15) is 4.79 Å². The van der Waals surface area contributed by atoms with Crippen molar-refractivity contribution in [1.82, 2.24) is 0 Å². The number of carbonyl (C=O) groups is 1. The molecule has 7 heteroatoms. The third-order valence-corrected chi connectivity index (χ3v) is 1.51. The summed E-state index contributed by atoms with van der Waals surface area (Å²) in [7, 11) is 0. The first kappa shape index (κ1) is 10.6. The van der Waals surface area contributed by atoms with Crippen molar-refractivity contribution >= 4 is 51.8 Å². The lowest BCUT2D eigenvalue weighted by molar-refractivity contribution is -0.241. The van der Waals surface area contributed by atoms with Crippen molar-refractivity contribution in [3.63, 3.8) is 0 Å². The van der Waals surface area contributed by atoms with E-state index in [1.807, 2.05) is 0 Å². The highest BCUT2D eigenvalue weighted by molar-refractivity contribution is 6.61. The van der Waals surface area contributed by atoms with Crippen LogP contribution in [-0.2, 0) is 9.78 Å². The van der Waals surface area contributed by atoms with Gasteiger partial charge >= 0.3 is 5.43 Å². The van der Waals surface area contributed by atoms with Gasteiger partial charge in [-0.15, -0.1) is 23.2 Å². The molecule has 0 aliphatic heterocycles. The zero-order chi connectivity index (χ0) is 8.15. The fourth-order valence-corrected chi connectivity index (χ4v) is 0.283. The molecule has 0 aromatic heterocycles. The van der Waals surface area contributed by atoms with Crippen LogP contribution in [0.25, 0.3) is 0 Å². The minimum atomic E-state index is -1.14. The second-order valence-electron chi connectivity index (χ2n) is 1.10. The third kappa shape index (κ3) is 5.38. The molecule has 0 aromatic carbocycles. The van der Waals surface area contributed by atoms with Gasteiger partial charge in [-0.25, -0.2) is 4.79 Å². The summed E-state index contributed by atoms with van der Waals surface area (Å²) < 4.78 is 0. The van der Waals surface area contributed by atoms with Crippen LogP contribution in [0, 0.1) is 0 Å². The average molecular weight is 228 g/mol. The van der Waals surface area contributed by atoms with Crippen molar-refractivity contribution in [2.75, 3.05) is 0 Å². The van der Waals surface area contributed by atoms with Crippen LogP contribution in [-0.4, -0.2) is 15.8 Å². The number of alkyl halides is 3. The van der Waals surface area contributed by atoms with Gasteiger partial charge in [-0.05, 0) is 0 Å². The van der Waals surface area contributed by atoms with Crippen LogP contribution in [0.3, 0.4) is 0 Å². The molecule has 0 saturated heterocycles. The molecular formula is C3H2Cl4O3. The highest BCUT2D eigenvalue weighted by Gasteiger charge is 2.16. The van der Waals surface area contributed by atoms with Crippen LogP contribution in [0.4, 0.5) is 4.79 Å². The number of hydrogen-bond donors (Lipinski definition) is 0. The lowest BCUT2D eigenvalue weighted by Crippen LogP contribution is -2.14. The quantitative estimate of drug-likeness (QED) is 0.322. The highest BCUT2D eigenvalue weighted by atomic mass is 35.5. The van der Waals surface area contributed by atoms with Crippen LogP contribution in [0.15, 0.2) is 0 Å². The van der Waals surface area contributed by atoms with E-state index in [4.69, 9.17) is 46.4 Å². The first-order valence-corrected chi connectivity index (χ1v) is 3.67. The van der Waals surface area contributed by atoms with Gasteiger partial charge in [0.2, 0.25) is 5.56 Å². The van der Waals surface area contributed by atoms with Gasteiger partial charge < -0.3 is 0 Å². The fraction of sp³-hybridized carbons (Fsp3) is 0.667. The average Bonchev–Trinajstić information content (AvgIpc) is 1.82. The van der Waals surface area contributed by atoms with Gasteiger partial charge in [0.1, 0.15) is 0 Å². The summed E-state index contributed by atoms with van der Waals surface area (Å²) in [5.41, 5.74) is -2.26. The van der Waals surface area contributed by atoms with Gasteiger partial charge in [0, 0.05) is 11.6 Å². The lowest BCUT2D eigenvalue weighted by atomic mass is 10.8. The first-order valence-electron chi connectivity index (χ1n) is 1.99. The molecule has 0 aliphatic carbocycles. The molecule has 0 heterocycles. The molecule has 0 bridgehead atoms. The molecule has 60 valence electrons. The van der Waals surface area contributed by atoms with Crippen LogP contribution in [0.2, 0.25) is 0 Å². The summed E-state index contributed by atoms with van der Waals surface area (Å²) in [6, 6.07) is 0. The molecular weight excluding hydrogens is 226 g/mol. The van der Waals surface area contributed by atoms with Gasteiger partial charge in [-0.1, -0.05) is 11.6 Å². The maximum absolute atomic E-state index is 9.84. The van der Waals surface area contributed by atoms with Crippen molar-refractivity contribution in [1.29, 1.82) is 0 Å². The van der Waals surface area contributed by atoms with Crippen LogP contribution in [0.5, 0.6) is 0 Å². The molecule has 0 radical (unpaired) electrons. The second-order valence-corrected chi connectivity index (χ2v) is 3.01. The summed E-state index contributed by atoms with van der Waals surface area (Å²) in [5, 5.41) is 0. The van der Waals surface area contributed by atoms with E-state index in [0.717, 1.165) is 0 Å². The van der Waals surface area contributed by atoms with Gasteiger partial charge in [-0.3, -0.25) is 4.89 Å². The Morgan fingerprint density at radius 3 is 2.10 bits per heavy atom. The van der Waals surface area contributed by atoms with Crippen molar-refractivity contribution in [3.8, 4) is 0 Å². The molecule has 1 unspecified atom stereocenters. The smallest absolute Gasteiger partial charge is 0.279 e. The Labute approximate surface area is 77.0 Å². The first-order chi connectivity index (χ1) is 4.54. The summed E-state index contributed by atoms with van der Waals surface area (Å²) in [5.74, 6) is 0. The zero-order valence-electron chi connectivity index (χ0n) is 4.39. The normalized spacial score (nSPS) is 13.3. The maximum Gasteiger partial charge on any atom is 0.435 e. The molecule has 3 nitrogen and oxygen atoms in total. The largest absolute Gasteiger partial charge is 0.435 e. The fourth-order valence-electron chi connectivity index (χ4n) is 0.126. The molecule has 0 aromatic rings. The predicted octanol–water partition coefficient (Wildman–Crippen LogP) is 2.66. The Kier molecular flexibility index (Phi) is 5.58. The summed E-state index contributed by atoms with van der Waals surface area (Å²) in [4.78, 5) is 16.7. The van der Waals surface area contributed by atoms with Crippen molar-refractivity contribution < 1.29 is 14.6 Å². The molecule has 10 heavy (non-hydrogen) atoms. The van der Waals surface area contributed by atoms with Crippen molar-refractivity contribution in [2.45, 2.75) is 10.4 Å². The summed E-state index contributed by atoms with van der Waals surface area (Å²) in [6.07, 6.45) is 0. The van der Waals surface area contributed by atoms with Crippen molar-refractivity contribution in [2.24, 2.45) is 0 Å². The molecule has 0 rings (SSSR count). The maximum atomic E-state index is 9.84. The Bertz CT molecular complexity index is 116. The highest BCUT2D eigenvalue weighted by Crippen LogP contribution is 2.15. The lowest BCUT2D eigenvalue weighted by Gasteiger charge is -2.06. The van der Waals surface area contributed by atoms with E-state index in [-0.39, 0.29) is 0 Å².